The van der Waals surface area contributed by atoms with Gasteiger partial charge in [0.2, 0.25) is 5.91 Å². The summed E-state index contributed by atoms with van der Waals surface area (Å²) in [5, 5.41) is 2.80. The van der Waals surface area contributed by atoms with Crippen LogP contribution in [0.15, 0.2) is 9.98 Å². The van der Waals surface area contributed by atoms with Crippen LogP contribution >= 0.6 is 11.8 Å². The first-order chi connectivity index (χ1) is 15.7. The van der Waals surface area contributed by atoms with E-state index < -0.39 is 23.7 Å². The van der Waals surface area contributed by atoms with E-state index in [-0.39, 0.29) is 19.1 Å². The molecule has 0 spiro atoms. The van der Waals surface area contributed by atoms with E-state index in [0.29, 0.717) is 45.7 Å². The fraction of sp³-hybridized carbons (Fsp3) is 0.773. The van der Waals surface area contributed by atoms with Crippen molar-refractivity contribution >= 4 is 42.2 Å². The number of nitrogens with zero attached hydrogens (tertiary/aromatic N) is 4. The number of nitrogens with one attached hydrogen (secondary N) is 1. The normalized spacial score (nSPS) is 18.9. The summed E-state index contributed by atoms with van der Waals surface area (Å²) in [6.07, 6.45) is 5.45. The number of esters is 1. The van der Waals surface area contributed by atoms with Crippen molar-refractivity contribution in [1.82, 2.24) is 15.1 Å². The van der Waals surface area contributed by atoms with Crippen LogP contribution in [0.1, 0.15) is 34.1 Å². The van der Waals surface area contributed by atoms with Crippen LogP contribution < -0.4 is 5.32 Å². The number of rotatable bonds is 8. The number of ether oxygens (including phenoxy) is 2. The Balaban J connectivity index is 2.82. The van der Waals surface area contributed by atoms with Crippen LogP contribution in [0.25, 0.3) is 0 Å². The van der Waals surface area contributed by atoms with E-state index in [4.69, 9.17) is 9.47 Å². The Morgan fingerprint density at radius 2 is 1.79 bits per heavy atom. The quantitative estimate of drug-likeness (QED) is 0.518. The van der Waals surface area contributed by atoms with Crippen molar-refractivity contribution in [2.75, 3.05) is 64.4 Å². The number of aliphatic imine (C=N–C) groups is 2. The third-order valence-electron chi connectivity index (χ3n) is 4.48. The van der Waals surface area contributed by atoms with Crippen molar-refractivity contribution in [2.45, 2.75) is 45.8 Å². The molecule has 2 amide bonds. The lowest BCUT2D eigenvalue weighted by Crippen LogP contribution is -2.48. The fourth-order valence-corrected chi connectivity index (χ4v) is 3.35. The molecule has 1 aliphatic rings. The summed E-state index contributed by atoms with van der Waals surface area (Å²) >= 11 is 1.60. The molecule has 0 aromatic rings. The van der Waals surface area contributed by atoms with E-state index >= 15 is 0 Å². The molecule has 0 saturated carbocycles. The molecule has 0 aromatic carbocycles. The third kappa shape index (κ3) is 13.2. The summed E-state index contributed by atoms with van der Waals surface area (Å²) in [5.74, 6) is 0.0255. The molecule has 33 heavy (non-hydrogen) atoms. The highest BCUT2D eigenvalue weighted by Crippen LogP contribution is 2.10. The van der Waals surface area contributed by atoms with E-state index in [9.17, 15) is 14.4 Å². The third-order valence-corrected chi connectivity index (χ3v) is 5.12. The van der Waals surface area contributed by atoms with Crippen LogP contribution in [-0.4, -0.2) is 116 Å². The molecule has 188 valence electrons. The molecule has 1 aliphatic heterocycles. The van der Waals surface area contributed by atoms with Gasteiger partial charge >= 0.3 is 12.1 Å². The SMILES string of the molecule is CCOC(=O)C(CCSC)NC(=O)CN1C/C=N/CC/N=C/CN(C(=O)OC(C)(C)C)CC1. The molecule has 0 aromatic heterocycles. The van der Waals surface area contributed by atoms with Crippen molar-refractivity contribution in [2.24, 2.45) is 9.98 Å². The van der Waals surface area contributed by atoms with Crippen LogP contribution in [-0.2, 0) is 19.1 Å². The summed E-state index contributed by atoms with van der Waals surface area (Å²) in [4.78, 5) is 49.6. The Kier molecular flexibility index (Phi) is 13.7. The van der Waals surface area contributed by atoms with Gasteiger partial charge in [-0.1, -0.05) is 0 Å². The minimum absolute atomic E-state index is 0.0669. The van der Waals surface area contributed by atoms with Crippen LogP contribution in [0, 0.1) is 0 Å². The largest absolute Gasteiger partial charge is 0.464 e. The first kappa shape index (κ1) is 28.9. The molecule has 11 heteroatoms. The van der Waals surface area contributed by atoms with Gasteiger partial charge in [-0.05, 0) is 46.1 Å². The summed E-state index contributed by atoms with van der Waals surface area (Å²) in [6.45, 7) is 10.1. The van der Waals surface area contributed by atoms with Crippen LogP contribution in [0.2, 0.25) is 0 Å². The van der Waals surface area contributed by atoms with Crippen LogP contribution in [0.5, 0.6) is 0 Å². The maximum atomic E-state index is 12.7. The van der Waals surface area contributed by atoms with Gasteiger partial charge in [0.05, 0.1) is 32.8 Å². The number of hydrogen-bond acceptors (Lipinski definition) is 9. The van der Waals surface area contributed by atoms with Gasteiger partial charge in [-0.3, -0.25) is 19.7 Å². The zero-order valence-electron chi connectivity index (χ0n) is 20.5. The second kappa shape index (κ2) is 15.7. The van der Waals surface area contributed by atoms with Crippen molar-refractivity contribution < 1.29 is 23.9 Å². The van der Waals surface area contributed by atoms with Gasteiger partial charge in [-0.15, -0.1) is 0 Å². The fourth-order valence-electron chi connectivity index (χ4n) is 2.88. The van der Waals surface area contributed by atoms with Crippen molar-refractivity contribution in [3.8, 4) is 0 Å². The lowest BCUT2D eigenvalue weighted by molar-refractivity contribution is -0.147. The van der Waals surface area contributed by atoms with E-state index in [1.54, 1.807) is 36.0 Å². The number of amides is 2. The minimum atomic E-state index is -0.680. The lowest BCUT2D eigenvalue weighted by atomic mass is 10.2. The molecule has 0 bridgehead atoms. The van der Waals surface area contributed by atoms with E-state index in [1.807, 2.05) is 31.9 Å². The first-order valence-electron chi connectivity index (χ1n) is 11.3. The molecule has 0 fully saturated rings. The topological polar surface area (TPSA) is 113 Å². The zero-order chi connectivity index (χ0) is 24.7. The highest BCUT2D eigenvalue weighted by molar-refractivity contribution is 7.98. The predicted molar refractivity (Wildman–Crippen MR) is 133 cm³/mol. The number of thioether (sulfide) groups is 1. The maximum Gasteiger partial charge on any atom is 0.410 e. The Labute approximate surface area is 201 Å². The molecule has 1 atom stereocenters. The molecular formula is C22H39N5O5S. The summed E-state index contributed by atoms with van der Waals surface area (Å²) in [5.41, 5.74) is -0.608. The highest BCUT2D eigenvalue weighted by Gasteiger charge is 2.24. The zero-order valence-corrected chi connectivity index (χ0v) is 21.4. The Bertz CT molecular complexity index is 681. The molecule has 1 rings (SSSR count). The second-order valence-electron chi connectivity index (χ2n) is 8.49. The average Bonchev–Trinajstić information content (AvgIpc) is 2.72. The Hall–Kier alpha value is -2.14. The van der Waals surface area contributed by atoms with Gasteiger partial charge in [-0.25, -0.2) is 9.59 Å². The first-order valence-corrected chi connectivity index (χ1v) is 12.7. The van der Waals surface area contributed by atoms with Gasteiger partial charge < -0.3 is 19.7 Å². The van der Waals surface area contributed by atoms with Crippen LogP contribution in [0.4, 0.5) is 4.79 Å². The van der Waals surface area contributed by atoms with Crippen molar-refractivity contribution in [3.05, 3.63) is 0 Å². The number of carbonyl (C=O) groups excluding carboxylic acids is 3. The molecule has 10 nitrogen and oxygen atoms in total. The number of carbonyl (C=O) groups is 3. The summed E-state index contributed by atoms with van der Waals surface area (Å²) in [6, 6.07) is -0.680. The Morgan fingerprint density at radius 1 is 1.12 bits per heavy atom. The van der Waals surface area contributed by atoms with Gasteiger partial charge in [0.15, 0.2) is 0 Å². The molecular weight excluding hydrogens is 446 g/mol. The highest BCUT2D eigenvalue weighted by atomic mass is 32.2. The lowest BCUT2D eigenvalue weighted by Gasteiger charge is -2.29. The van der Waals surface area contributed by atoms with E-state index in [2.05, 4.69) is 15.3 Å². The molecule has 0 radical (unpaired) electrons. The number of hydrogen-bond donors (Lipinski definition) is 1. The van der Waals surface area contributed by atoms with Gasteiger partial charge in [0.25, 0.3) is 0 Å². The van der Waals surface area contributed by atoms with Crippen molar-refractivity contribution in [3.63, 3.8) is 0 Å². The molecule has 1 unspecified atom stereocenters. The summed E-state index contributed by atoms with van der Waals surface area (Å²) < 4.78 is 10.6. The molecule has 1 N–H and O–H groups in total. The average molecular weight is 486 g/mol. The minimum Gasteiger partial charge on any atom is -0.464 e. The Morgan fingerprint density at radius 3 is 2.39 bits per heavy atom. The van der Waals surface area contributed by atoms with Crippen molar-refractivity contribution in [1.29, 1.82) is 0 Å². The van der Waals surface area contributed by atoms with Crippen LogP contribution in [0.3, 0.4) is 0 Å². The smallest absolute Gasteiger partial charge is 0.410 e. The molecule has 0 aliphatic carbocycles. The maximum absolute atomic E-state index is 12.7. The molecule has 0 saturated heterocycles. The van der Waals surface area contributed by atoms with Gasteiger partial charge in [0, 0.05) is 32.1 Å². The van der Waals surface area contributed by atoms with E-state index in [1.165, 1.54) is 0 Å². The predicted octanol–water partition coefficient (Wildman–Crippen LogP) is 1.48. The monoisotopic (exact) mass is 485 g/mol. The molecule has 1 heterocycles. The summed E-state index contributed by atoms with van der Waals surface area (Å²) in [7, 11) is 0. The van der Waals surface area contributed by atoms with E-state index in [0.717, 1.165) is 5.75 Å². The van der Waals surface area contributed by atoms with Gasteiger partial charge in [-0.2, -0.15) is 11.8 Å². The van der Waals surface area contributed by atoms with Gasteiger partial charge in [0.1, 0.15) is 11.6 Å². The second-order valence-corrected chi connectivity index (χ2v) is 9.48. The standard InChI is InChI=1S/C22H39N5O5S/c1-6-31-20(29)18(7-16-33-5)25-19(28)17-26-12-10-23-8-9-24-11-13-27(15-14-26)21(30)32-22(2,3)4/h10-11,18H,6-9,12-17H2,1-5H3,(H,25,28)/b23-10+,24-11+.